The fourth-order valence-electron chi connectivity index (χ4n) is 5.28. The average molecular weight is 484 g/mol. The third-order valence-electron chi connectivity index (χ3n) is 7.13. The Hall–Kier alpha value is -3.06. The summed E-state index contributed by atoms with van der Waals surface area (Å²) in [6.07, 6.45) is 9.69. The number of rotatable bonds is 11. The summed E-state index contributed by atoms with van der Waals surface area (Å²) in [5.74, 6) is -0.490. The lowest BCUT2D eigenvalue weighted by Crippen LogP contribution is -2.40. The van der Waals surface area contributed by atoms with Crippen molar-refractivity contribution in [2.75, 3.05) is 13.7 Å². The Kier molecular flexibility index (Phi) is 8.29. The zero-order chi connectivity index (χ0) is 24.7. The van der Waals surface area contributed by atoms with E-state index < -0.39 is 0 Å². The highest BCUT2D eigenvalue weighted by molar-refractivity contribution is 5.69. The molecule has 2 aromatic rings. The van der Waals surface area contributed by atoms with Crippen molar-refractivity contribution in [3.63, 3.8) is 0 Å². The Morgan fingerprint density at radius 1 is 1.11 bits per heavy atom. The van der Waals surface area contributed by atoms with Gasteiger partial charge in [0, 0.05) is 24.0 Å². The molecular formula is C28H31F2NO4. The van der Waals surface area contributed by atoms with Crippen molar-refractivity contribution < 1.29 is 27.9 Å². The van der Waals surface area contributed by atoms with E-state index in [2.05, 4.69) is 22.0 Å². The molecule has 0 aromatic heterocycles. The summed E-state index contributed by atoms with van der Waals surface area (Å²) in [7, 11) is 1.40. The average Bonchev–Trinajstić information content (AvgIpc) is 3.43. The van der Waals surface area contributed by atoms with Crippen molar-refractivity contribution >= 4 is 12.2 Å². The number of unbranched alkanes of at least 4 members (excludes halogenated alkanes) is 1. The molecule has 4 atom stereocenters. The first-order chi connectivity index (χ1) is 17.0. The van der Waals surface area contributed by atoms with Crippen LogP contribution in [0.4, 0.5) is 8.78 Å². The van der Waals surface area contributed by atoms with Crippen molar-refractivity contribution in [2.24, 2.45) is 17.0 Å². The molecule has 1 saturated heterocycles. The zero-order valence-corrected chi connectivity index (χ0v) is 19.9. The molecule has 2 bridgehead atoms. The number of nitrogens with zero attached hydrogens (tertiary/aromatic N) is 1. The molecule has 1 aliphatic carbocycles. The number of hydrogen-bond acceptors (Lipinski definition) is 5. The van der Waals surface area contributed by atoms with Gasteiger partial charge in [-0.3, -0.25) is 4.79 Å². The van der Waals surface area contributed by atoms with E-state index in [0.29, 0.717) is 13.0 Å². The molecule has 4 rings (SSSR count). The molecule has 1 heterocycles. The van der Waals surface area contributed by atoms with Crippen molar-refractivity contribution in [1.29, 1.82) is 0 Å². The van der Waals surface area contributed by atoms with Gasteiger partial charge in [0.1, 0.15) is 18.2 Å². The first-order valence-electron chi connectivity index (χ1n) is 12.0. The van der Waals surface area contributed by atoms with Crippen LogP contribution >= 0.6 is 0 Å². The molecule has 2 aromatic carbocycles. The molecule has 0 spiro atoms. The Balaban J connectivity index is 1.44. The van der Waals surface area contributed by atoms with Crippen molar-refractivity contribution in [3.8, 4) is 0 Å². The molecular weight excluding hydrogens is 452 g/mol. The fraction of sp³-hybridized carbons (Fsp3) is 0.429. The second-order valence-electron chi connectivity index (χ2n) is 9.23. The Labute approximate surface area is 204 Å². The van der Waals surface area contributed by atoms with Gasteiger partial charge < -0.3 is 14.3 Å². The predicted molar refractivity (Wildman–Crippen MR) is 129 cm³/mol. The molecule has 0 N–H and O–H groups in total. The van der Waals surface area contributed by atoms with E-state index >= 15 is 0 Å². The zero-order valence-electron chi connectivity index (χ0n) is 19.9. The topological polar surface area (TPSA) is 57.1 Å². The molecule has 0 radical (unpaired) electrons. The van der Waals surface area contributed by atoms with Crippen LogP contribution in [0.15, 0.2) is 65.8 Å². The summed E-state index contributed by atoms with van der Waals surface area (Å²) in [6.45, 7) is 0.841. The highest BCUT2D eigenvalue weighted by Gasteiger charge is 2.58. The second-order valence-corrected chi connectivity index (χ2v) is 9.23. The molecule has 186 valence electrons. The number of hydrogen-bond donors (Lipinski definition) is 0. The standard InChI is InChI=1S/C28H31F2NO4/c1-33-27(32)7-5-3-2-4-6-25-24(17-31-35-18-20-8-12-22(29)13-9-20)26-16-28(25,19-34-26)21-10-14-23(30)15-11-21/h2,4,8-15,17,24-26H,3,5-7,16,18-19H2,1H3/b4-2-,31-17?/t24-,25-,26-,28-/m0/s1. The maximum atomic E-state index is 13.6. The van der Waals surface area contributed by atoms with Crippen molar-refractivity contribution in [3.05, 3.63) is 83.4 Å². The van der Waals surface area contributed by atoms with E-state index in [1.165, 1.54) is 31.4 Å². The van der Waals surface area contributed by atoms with Gasteiger partial charge in [-0.25, -0.2) is 8.78 Å². The van der Waals surface area contributed by atoms with E-state index in [0.717, 1.165) is 36.8 Å². The Morgan fingerprint density at radius 3 is 2.54 bits per heavy atom. The number of ether oxygens (including phenoxy) is 2. The van der Waals surface area contributed by atoms with Gasteiger partial charge in [0.25, 0.3) is 0 Å². The van der Waals surface area contributed by atoms with Gasteiger partial charge in [-0.05, 0) is 67.0 Å². The highest BCUT2D eigenvalue weighted by atomic mass is 19.1. The third kappa shape index (κ3) is 5.96. The number of halogens is 2. The second kappa shape index (κ2) is 11.6. The van der Waals surface area contributed by atoms with Crippen LogP contribution in [0, 0.1) is 23.5 Å². The lowest BCUT2D eigenvalue weighted by molar-refractivity contribution is -0.140. The predicted octanol–water partition coefficient (Wildman–Crippen LogP) is 5.73. The minimum absolute atomic E-state index is 0.0101. The summed E-state index contributed by atoms with van der Waals surface area (Å²) in [5.41, 5.74) is 1.69. The summed E-state index contributed by atoms with van der Waals surface area (Å²) < 4.78 is 37.5. The van der Waals surface area contributed by atoms with Gasteiger partial charge >= 0.3 is 5.97 Å². The molecule has 0 amide bonds. The van der Waals surface area contributed by atoms with E-state index in [9.17, 15) is 13.6 Å². The van der Waals surface area contributed by atoms with Crippen molar-refractivity contribution in [2.45, 2.75) is 50.2 Å². The maximum absolute atomic E-state index is 13.6. The number of allylic oxidation sites excluding steroid dienone is 2. The van der Waals surface area contributed by atoms with Crippen LogP contribution in [-0.4, -0.2) is 32.0 Å². The van der Waals surface area contributed by atoms with E-state index in [1.807, 2.05) is 18.3 Å². The van der Waals surface area contributed by atoms with Crippen LogP contribution in [0.5, 0.6) is 0 Å². The van der Waals surface area contributed by atoms with Crippen molar-refractivity contribution in [1.82, 2.24) is 0 Å². The highest BCUT2D eigenvalue weighted by Crippen LogP contribution is 2.56. The number of oxime groups is 1. The first kappa shape index (κ1) is 25.0. The van der Waals surface area contributed by atoms with Gasteiger partial charge in [-0.15, -0.1) is 0 Å². The molecule has 35 heavy (non-hydrogen) atoms. The Bertz CT molecular complexity index is 1040. The number of esters is 1. The monoisotopic (exact) mass is 483 g/mol. The number of carbonyl (C=O) groups is 1. The lowest BCUT2D eigenvalue weighted by Gasteiger charge is -2.37. The normalized spacial score (nSPS) is 25.5. The smallest absolute Gasteiger partial charge is 0.305 e. The summed E-state index contributed by atoms with van der Waals surface area (Å²) in [5, 5.41) is 4.23. The number of carbonyl (C=O) groups excluding carboxylic acids is 1. The minimum Gasteiger partial charge on any atom is -0.469 e. The van der Waals surface area contributed by atoms with Gasteiger partial charge in [0.15, 0.2) is 0 Å². The Morgan fingerprint density at radius 2 is 1.83 bits per heavy atom. The molecule has 0 unspecified atom stereocenters. The number of fused-ring (bicyclic) bond motifs is 2. The number of methoxy groups -OCH3 is 1. The van der Waals surface area contributed by atoms with Crippen LogP contribution in [0.1, 0.15) is 43.2 Å². The molecule has 5 nitrogen and oxygen atoms in total. The SMILES string of the molecule is COC(=O)CCC/C=C\C[C@H]1[C@H](C=NOCc2ccc(F)cc2)[C@@H]2C[C@@]1(c1ccc(F)cc1)CO2. The van der Waals surface area contributed by atoms with Crippen LogP contribution in [0.2, 0.25) is 0 Å². The largest absolute Gasteiger partial charge is 0.469 e. The van der Waals surface area contributed by atoms with E-state index in [-0.39, 0.29) is 47.6 Å². The minimum atomic E-state index is -0.288. The molecule has 1 saturated carbocycles. The van der Waals surface area contributed by atoms with E-state index in [1.54, 1.807) is 12.1 Å². The molecule has 2 aliphatic rings. The van der Waals surface area contributed by atoms with Crippen LogP contribution in [-0.2, 0) is 31.1 Å². The van der Waals surface area contributed by atoms with Crippen LogP contribution in [0.3, 0.4) is 0 Å². The lowest BCUT2D eigenvalue weighted by atomic mass is 9.69. The fourth-order valence-corrected chi connectivity index (χ4v) is 5.28. The summed E-state index contributed by atoms with van der Waals surface area (Å²) >= 11 is 0. The maximum Gasteiger partial charge on any atom is 0.305 e. The van der Waals surface area contributed by atoms with Gasteiger partial charge in [0.05, 0.1) is 19.8 Å². The third-order valence-corrected chi connectivity index (χ3v) is 7.13. The van der Waals surface area contributed by atoms with Gasteiger partial charge in [-0.1, -0.05) is 41.6 Å². The summed E-state index contributed by atoms with van der Waals surface area (Å²) in [6, 6.07) is 12.9. The van der Waals surface area contributed by atoms with Crippen LogP contribution in [0.25, 0.3) is 0 Å². The van der Waals surface area contributed by atoms with Gasteiger partial charge in [0.2, 0.25) is 0 Å². The van der Waals surface area contributed by atoms with E-state index in [4.69, 9.17) is 9.57 Å². The first-order valence-corrected chi connectivity index (χ1v) is 12.0. The molecule has 1 aliphatic heterocycles. The summed E-state index contributed by atoms with van der Waals surface area (Å²) in [4.78, 5) is 16.8. The molecule has 2 fully saturated rings. The van der Waals surface area contributed by atoms with Gasteiger partial charge in [-0.2, -0.15) is 0 Å². The number of benzene rings is 2. The quantitative estimate of drug-likeness (QED) is 0.135. The molecule has 7 heteroatoms. The van der Waals surface area contributed by atoms with Crippen LogP contribution < -0.4 is 0 Å².